The van der Waals surface area contributed by atoms with Gasteiger partial charge in [0.15, 0.2) is 5.96 Å². The largest absolute Gasteiger partial charge is 0.394 e. The fourth-order valence-electron chi connectivity index (χ4n) is 13.8. The quantitative estimate of drug-likeness (QED) is 0.0144. The molecule has 0 bridgehead atoms. The summed E-state index contributed by atoms with van der Waals surface area (Å²) in [5.74, 6) is -17.0. The van der Waals surface area contributed by atoms with Crippen molar-refractivity contribution < 1.29 is 87.2 Å². The van der Waals surface area contributed by atoms with Gasteiger partial charge >= 0.3 is 0 Å². The standard InChI is InChI=1S/C77H106N22O18S/c1-40(2)27-53-69(110)96-58(36-101)73(114)89-50(19-9-10-24-78)66(107)92-54(28-41-31-84-47-16-6-3-13-44(41)47)70(111)93-55(29-42-32-85-48-17-7-4-14-45(42)48)71(112)97-59(37-102)74(115)91-52(22-23-62(79)103)68(109)95-57(35-100)72(113)90-51(20-11-25-83-77(81)82)67(108)98-60(65(106)87-34-63(80)104)38-118-39-64(105)88-56(30-43-33-86-49-18-8-5-15-46(43)49)76(117)99-26-12-21-61(99)75(116)94-53/h3-8,13-18,31-33,40,50-61,84-86,100-102H,9-12,19-30,34-39,78H2,1-2H3,(H2,79,103)(H2,80,104)(H,87,106)(H,88,105)(H,89,114)(H,90,113)(H,91,115)(H,92,107)(H,93,111)(H,94,116)(H,95,109)(H,96,110)(H,97,112)(H,98,108)(H4,81,82,83)/t50-,51-,52-,53-,54-,55-,56+,57-,58-,59-,60-,61-/m0/s1. The van der Waals surface area contributed by atoms with Gasteiger partial charge in [-0.3, -0.25) is 77.3 Å². The van der Waals surface area contributed by atoms with E-state index in [1.165, 1.54) is 4.90 Å². The number of aromatic nitrogens is 3. The first-order valence-corrected chi connectivity index (χ1v) is 40.0. The van der Waals surface area contributed by atoms with Gasteiger partial charge in [0.05, 0.1) is 32.1 Å². The Balaban J connectivity index is 1.17. The minimum atomic E-state index is -1.98. The first-order valence-electron chi connectivity index (χ1n) is 38.8. The van der Waals surface area contributed by atoms with Crippen LogP contribution in [0.5, 0.6) is 0 Å². The molecule has 12 atom stereocenters. The van der Waals surface area contributed by atoms with Gasteiger partial charge in [0, 0.05) is 95.8 Å². The van der Waals surface area contributed by atoms with Gasteiger partial charge in [-0.25, -0.2) is 0 Å². The van der Waals surface area contributed by atoms with Crippen molar-refractivity contribution in [3.05, 3.63) is 108 Å². The van der Waals surface area contributed by atoms with E-state index in [9.17, 15) is 68.1 Å². The van der Waals surface area contributed by atoms with Crippen molar-refractivity contribution in [1.82, 2.24) is 89.0 Å². The van der Waals surface area contributed by atoms with Gasteiger partial charge in [-0.2, -0.15) is 0 Å². The number of amides is 15. The third kappa shape index (κ3) is 26.4. The molecule has 0 aliphatic carbocycles. The number of nitrogens with two attached hydrogens (primary N) is 4. The Kier molecular flexibility index (Phi) is 34.6. The van der Waals surface area contributed by atoms with Crippen LogP contribution in [0.3, 0.4) is 0 Å². The molecule has 15 amide bonds. The lowest BCUT2D eigenvalue weighted by molar-refractivity contribution is -0.142. The number of carbonyl (C=O) groups is 15. The molecule has 2 saturated heterocycles. The summed E-state index contributed by atoms with van der Waals surface area (Å²) in [5.41, 5.74) is 25.7. The second-order valence-electron chi connectivity index (χ2n) is 29.3. The van der Waals surface area contributed by atoms with Crippen LogP contribution in [0.15, 0.2) is 91.4 Å². The maximum absolute atomic E-state index is 15.3. The predicted molar refractivity (Wildman–Crippen MR) is 433 cm³/mol. The van der Waals surface area contributed by atoms with Gasteiger partial charge in [-0.05, 0) is 105 Å². The molecule has 2 aliphatic heterocycles. The fourth-order valence-corrected chi connectivity index (χ4v) is 14.6. The molecule has 0 saturated carbocycles. The van der Waals surface area contributed by atoms with Crippen molar-refractivity contribution in [2.45, 2.75) is 170 Å². The number of H-pyrrole nitrogens is 3. The molecule has 41 heteroatoms. The monoisotopic (exact) mass is 1660 g/mol. The number of hydrogen-bond acceptors (Lipinski definition) is 21. The Morgan fingerprint density at radius 2 is 0.898 bits per heavy atom. The number of nitrogens with one attached hydrogen (secondary N) is 17. The van der Waals surface area contributed by atoms with E-state index in [2.05, 4.69) is 84.1 Å². The van der Waals surface area contributed by atoms with Crippen LogP contribution in [0.1, 0.15) is 94.7 Å². The smallest absolute Gasteiger partial charge is 0.246 e. The number of aliphatic hydroxyl groups is 3. The highest BCUT2D eigenvalue weighted by atomic mass is 32.2. The maximum atomic E-state index is 15.3. The number of aromatic amines is 3. The van der Waals surface area contributed by atoms with Crippen molar-refractivity contribution >= 4 is 139 Å². The number of rotatable bonds is 25. The summed E-state index contributed by atoms with van der Waals surface area (Å²) in [6.07, 6.45) is 3.24. The molecular weight excluding hydrogens is 1550 g/mol. The van der Waals surface area contributed by atoms with Gasteiger partial charge in [0.2, 0.25) is 88.6 Å². The number of benzene rings is 3. The van der Waals surface area contributed by atoms with Crippen LogP contribution in [0, 0.1) is 11.3 Å². The molecule has 0 unspecified atom stereocenters. The van der Waals surface area contributed by atoms with Crippen LogP contribution in [-0.2, 0) is 91.2 Å². The number of carbonyl (C=O) groups excluding carboxylic acids is 15. The molecule has 5 heterocycles. The molecule has 0 spiro atoms. The molecule has 8 rings (SSSR count). The van der Waals surface area contributed by atoms with Crippen LogP contribution in [0.2, 0.25) is 0 Å². The number of para-hydroxylation sites is 3. The average molecular weight is 1660 g/mol. The molecule has 118 heavy (non-hydrogen) atoms. The van der Waals surface area contributed by atoms with Crippen LogP contribution in [-0.4, -0.2) is 260 Å². The molecule has 6 aromatic rings. The maximum Gasteiger partial charge on any atom is 0.246 e. The molecule has 3 aromatic heterocycles. The second kappa shape index (κ2) is 44.8. The van der Waals surface area contributed by atoms with Crippen molar-refractivity contribution in [3.63, 3.8) is 0 Å². The van der Waals surface area contributed by atoms with E-state index in [1.54, 1.807) is 105 Å². The summed E-state index contributed by atoms with van der Waals surface area (Å²) in [5, 5.41) is 74.9. The van der Waals surface area contributed by atoms with Gasteiger partial charge in [0.1, 0.15) is 72.5 Å². The van der Waals surface area contributed by atoms with E-state index in [1.807, 2.05) is 0 Å². The van der Waals surface area contributed by atoms with Gasteiger partial charge < -0.3 is 127 Å². The molecule has 28 N–H and O–H groups in total. The average Bonchev–Trinajstić information content (AvgIpc) is 1.54. The summed E-state index contributed by atoms with van der Waals surface area (Å²) in [6.45, 7) is -0.563. The number of hydrogen-bond donors (Lipinski definition) is 24. The van der Waals surface area contributed by atoms with Gasteiger partial charge in [-0.1, -0.05) is 68.4 Å². The lowest BCUT2D eigenvalue weighted by Gasteiger charge is -2.30. The molecule has 2 fully saturated rings. The fraction of sp³-hybridized carbons (Fsp3) is 0.481. The molecule has 40 nitrogen and oxygen atoms in total. The molecule has 0 radical (unpaired) electrons. The van der Waals surface area contributed by atoms with E-state index in [0.717, 1.165) is 11.8 Å². The van der Waals surface area contributed by atoms with E-state index < -0.39 is 218 Å². The summed E-state index contributed by atoms with van der Waals surface area (Å²) in [6, 6.07) is 1.25. The van der Waals surface area contributed by atoms with Crippen LogP contribution in [0.25, 0.3) is 32.7 Å². The van der Waals surface area contributed by atoms with Crippen molar-refractivity contribution in [3.8, 4) is 0 Å². The number of primary amides is 2. The number of aliphatic hydroxyl groups excluding tert-OH is 3. The summed E-state index contributed by atoms with van der Waals surface area (Å²) >= 11 is 0.771. The molecule has 2 aliphatic rings. The van der Waals surface area contributed by atoms with Crippen molar-refractivity contribution in [2.24, 2.45) is 28.9 Å². The Labute approximate surface area is 681 Å². The summed E-state index contributed by atoms with van der Waals surface area (Å²) in [7, 11) is 0. The van der Waals surface area contributed by atoms with Crippen LogP contribution < -0.4 is 92.1 Å². The Morgan fingerprint density at radius 1 is 0.492 bits per heavy atom. The van der Waals surface area contributed by atoms with Gasteiger partial charge in [-0.15, -0.1) is 11.8 Å². The second-order valence-corrected chi connectivity index (χ2v) is 30.3. The zero-order valence-corrected chi connectivity index (χ0v) is 66.2. The minimum absolute atomic E-state index is 0.00771. The summed E-state index contributed by atoms with van der Waals surface area (Å²) < 4.78 is 0. The minimum Gasteiger partial charge on any atom is -0.394 e. The van der Waals surface area contributed by atoms with Crippen molar-refractivity contribution in [2.75, 3.05) is 57.5 Å². The first kappa shape index (κ1) is 91.3. The third-order valence-electron chi connectivity index (χ3n) is 19.9. The highest BCUT2D eigenvalue weighted by molar-refractivity contribution is 8.00. The lowest BCUT2D eigenvalue weighted by atomic mass is 10.0. The van der Waals surface area contributed by atoms with Crippen LogP contribution >= 0.6 is 11.8 Å². The summed E-state index contributed by atoms with van der Waals surface area (Å²) in [4.78, 5) is 225. The highest BCUT2D eigenvalue weighted by Gasteiger charge is 2.42. The SMILES string of the molecule is CC(C)C[C@@H]1NC(=O)[C@@H]2CCCN2C(=O)[C@@H](Cc2c[nH]c3ccccc23)NC(=O)CSC[C@@H](C(=O)NCC(N)=O)NC(=O)[C@H](CCCNC(=N)N)NC(=O)[C@H](CO)NC(=O)[C@H](CCC(N)=O)NC(=O)[C@H](CO)NC(=O)[C@H](Cc2c[nH]c3ccccc23)NC(=O)[C@H](Cc2c[nH]c3ccccc23)NC(=O)[C@H](CCCCN)NC(=O)[C@H](CO)NC1=O. The number of fused-ring (bicyclic) bond motifs is 4. The van der Waals surface area contributed by atoms with E-state index in [0.29, 0.717) is 55.8 Å². The Morgan fingerprint density at radius 3 is 1.35 bits per heavy atom. The normalized spacial score (nSPS) is 23.4. The number of unbranched alkanes of at least 4 members (excludes halogenated alkanes) is 1. The third-order valence-corrected chi connectivity index (χ3v) is 21.0. The van der Waals surface area contributed by atoms with Crippen LogP contribution in [0.4, 0.5) is 0 Å². The van der Waals surface area contributed by atoms with E-state index >= 15 is 19.2 Å². The van der Waals surface area contributed by atoms with E-state index in [-0.39, 0.29) is 89.8 Å². The number of nitrogens with zero attached hydrogens (tertiary/aromatic N) is 1. The number of thioether (sulfide) groups is 1. The number of guanidine groups is 1. The Bertz CT molecular complexity index is 4590. The molecular formula is C77H106N22O18S. The van der Waals surface area contributed by atoms with Gasteiger partial charge in [0.25, 0.3) is 0 Å². The zero-order valence-electron chi connectivity index (χ0n) is 65.4. The predicted octanol–water partition coefficient (Wildman–Crippen LogP) is -5.49. The topological polar surface area (TPSA) is 652 Å². The van der Waals surface area contributed by atoms with E-state index in [4.69, 9.17) is 28.3 Å². The highest BCUT2D eigenvalue weighted by Crippen LogP contribution is 2.26. The lowest BCUT2D eigenvalue weighted by Crippen LogP contribution is -2.62. The Hall–Kier alpha value is -12.2. The molecule has 3 aromatic carbocycles. The van der Waals surface area contributed by atoms with Crippen molar-refractivity contribution in [1.29, 1.82) is 5.41 Å². The zero-order chi connectivity index (χ0) is 85.7. The first-order chi connectivity index (χ1) is 56.5. The molecule has 638 valence electrons.